The van der Waals surface area contributed by atoms with Crippen LogP contribution in [0, 0.1) is 12.8 Å². The summed E-state index contributed by atoms with van der Waals surface area (Å²) >= 11 is 0. The van der Waals surface area contributed by atoms with E-state index in [-0.39, 0.29) is 5.91 Å². The van der Waals surface area contributed by atoms with Gasteiger partial charge in [-0.15, -0.1) is 0 Å². The summed E-state index contributed by atoms with van der Waals surface area (Å²) in [5.74, 6) is 0.622. The van der Waals surface area contributed by atoms with E-state index in [2.05, 4.69) is 10.6 Å². The molecule has 2 rings (SSSR count). The van der Waals surface area contributed by atoms with Crippen molar-refractivity contribution in [2.45, 2.75) is 19.8 Å². The topological polar surface area (TPSA) is 41.1 Å². The summed E-state index contributed by atoms with van der Waals surface area (Å²) in [4.78, 5) is 11.9. The Labute approximate surface area is 103 Å². The molecular formula is C14H20N2O. The third-order valence-electron chi connectivity index (χ3n) is 3.23. The SMILES string of the molecule is Cc1cccc(C(=O)NC[C@H]2CCCNC2)c1. The average molecular weight is 232 g/mol. The minimum Gasteiger partial charge on any atom is -0.352 e. The van der Waals surface area contributed by atoms with Gasteiger partial charge in [0.2, 0.25) is 0 Å². The monoisotopic (exact) mass is 232 g/mol. The third kappa shape index (κ3) is 3.56. The number of rotatable bonds is 3. The highest BCUT2D eigenvalue weighted by molar-refractivity contribution is 5.94. The Morgan fingerprint density at radius 3 is 3.12 bits per heavy atom. The number of aryl methyl sites for hydroxylation is 1. The highest BCUT2D eigenvalue weighted by Gasteiger charge is 2.14. The van der Waals surface area contributed by atoms with E-state index < -0.39 is 0 Å². The fraction of sp³-hybridized carbons (Fsp3) is 0.500. The number of benzene rings is 1. The first kappa shape index (κ1) is 12.1. The second-order valence-electron chi connectivity index (χ2n) is 4.79. The van der Waals surface area contributed by atoms with Crippen LogP contribution in [-0.4, -0.2) is 25.5 Å². The van der Waals surface area contributed by atoms with Crippen LogP contribution in [0.15, 0.2) is 24.3 Å². The van der Waals surface area contributed by atoms with E-state index in [1.165, 1.54) is 12.8 Å². The highest BCUT2D eigenvalue weighted by atomic mass is 16.1. The van der Waals surface area contributed by atoms with Gasteiger partial charge in [-0.05, 0) is 50.9 Å². The molecule has 0 saturated carbocycles. The van der Waals surface area contributed by atoms with E-state index in [4.69, 9.17) is 0 Å². The first-order valence-corrected chi connectivity index (χ1v) is 6.31. The van der Waals surface area contributed by atoms with Gasteiger partial charge in [-0.1, -0.05) is 17.7 Å². The lowest BCUT2D eigenvalue weighted by Crippen LogP contribution is -2.38. The van der Waals surface area contributed by atoms with E-state index in [1.807, 2.05) is 31.2 Å². The maximum atomic E-state index is 11.9. The zero-order chi connectivity index (χ0) is 12.1. The fourth-order valence-corrected chi connectivity index (χ4v) is 2.22. The molecule has 0 bridgehead atoms. The highest BCUT2D eigenvalue weighted by Crippen LogP contribution is 2.09. The van der Waals surface area contributed by atoms with Gasteiger partial charge in [0, 0.05) is 12.1 Å². The Morgan fingerprint density at radius 2 is 2.41 bits per heavy atom. The molecule has 0 aliphatic carbocycles. The van der Waals surface area contributed by atoms with Gasteiger partial charge in [0.25, 0.3) is 5.91 Å². The summed E-state index contributed by atoms with van der Waals surface area (Å²) < 4.78 is 0. The lowest BCUT2D eigenvalue weighted by atomic mass is 9.99. The molecule has 1 aliphatic rings. The standard InChI is InChI=1S/C14H20N2O/c1-11-4-2-6-13(8-11)14(17)16-10-12-5-3-7-15-9-12/h2,4,6,8,12,15H,3,5,7,9-10H2,1H3,(H,16,17)/t12-/m0/s1. The molecule has 1 atom stereocenters. The Balaban J connectivity index is 1.84. The van der Waals surface area contributed by atoms with Gasteiger partial charge in [0.05, 0.1) is 0 Å². The van der Waals surface area contributed by atoms with Crippen LogP contribution >= 0.6 is 0 Å². The van der Waals surface area contributed by atoms with E-state index >= 15 is 0 Å². The van der Waals surface area contributed by atoms with Crippen LogP contribution < -0.4 is 10.6 Å². The van der Waals surface area contributed by atoms with Crippen LogP contribution in [0.3, 0.4) is 0 Å². The van der Waals surface area contributed by atoms with Crippen LogP contribution in [0.5, 0.6) is 0 Å². The molecule has 92 valence electrons. The van der Waals surface area contributed by atoms with Crippen LogP contribution in [0.4, 0.5) is 0 Å². The minimum absolute atomic E-state index is 0.0410. The first-order valence-electron chi connectivity index (χ1n) is 6.31. The quantitative estimate of drug-likeness (QED) is 0.833. The van der Waals surface area contributed by atoms with Crippen molar-refractivity contribution >= 4 is 5.91 Å². The Bertz CT molecular complexity index is 384. The van der Waals surface area contributed by atoms with Crippen molar-refractivity contribution in [3.05, 3.63) is 35.4 Å². The number of nitrogens with one attached hydrogen (secondary N) is 2. The molecule has 0 spiro atoms. The summed E-state index contributed by atoms with van der Waals surface area (Å²) in [6.07, 6.45) is 2.42. The predicted molar refractivity (Wildman–Crippen MR) is 69.1 cm³/mol. The van der Waals surface area contributed by atoms with Gasteiger partial charge in [-0.3, -0.25) is 4.79 Å². The van der Waals surface area contributed by atoms with Crippen molar-refractivity contribution < 1.29 is 4.79 Å². The average Bonchev–Trinajstić information content (AvgIpc) is 2.37. The van der Waals surface area contributed by atoms with Crippen LogP contribution in [0.2, 0.25) is 0 Å². The van der Waals surface area contributed by atoms with Crippen molar-refractivity contribution in [1.82, 2.24) is 10.6 Å². The van der Waals surface area contributed by atoms with Crippen LogP contribution in [0.25, 0.3) is 0 Å². The second kappa shape index (κ2) is 5.82. The van der Waals surface area contributed by atoms with Gasteiger partial charge < -0.3 is 10.6 Å². The van der Waals surface area contributed by atoms with E-state index in [9.17, 15) is 4.79 Å². The first-order chi connectivity index (χ1) is 8.25. The Morgan fingerprint density at radius 1 is 1.53 bits per heavy atom. The summed E-state index contributed by atoms with van der Waals surface area (Å²) in [5.41, 5.74) is 1.88. The number of piperidine rings is 1. The molecule has 1 heterocycles. The molecule has 1 amide bonds. The number of carbonyl (C=O) groups is 1. The lowest BCUT2D eigenvalue weighted by molar-refractivity contribution is 0.0944. The maximum Gasteiger partial charge on any atom is 0.251 e. The minimum atomic E-state index is 0.0410. The van der Waals surface area contributed by atoms with Gasteiger partial charge in [0.15, 0.2) is 0 Å². The molecule has 1 saturated heterocycles. The number of carbonyl (C=O) groups excluding carboxylic acids is 1. The summed E-state index contributed by atoms with van der Waals surface area (Å²) in [6.45, 7) is 4.91. The molecule has 0 unspecified atom stereocenters. The van der Waals surface area contributed by atoms with Gasteiger partial charge >= 0.3 is 0 Å². The van der Waals surface area contributed by atoms with E-state index in [1.54, 1.807) is 0 Å². The molecular weight excluding hydrogens is 212 g/mol. The zero-order valence-corrected chi connectivity index (χ0v) is 10.3. The van der Waals surface area contributed by atoms with Gasteiger partial charge in [-0.2, -0.15) is 0 Å². The molecule has 1 fully saturated rings. The second-order valence-corrected chi connectivity index (χ2v) is 4.79. The molecule has 17 heavy (non-hydrogen) atoms. The number of hydrogen-bond acceptors (Lipinski definition) is 2. The van der Waals surface area contributed by atoms with Crippen molar-refractivity contribution in [1.29, 1.82) is 0 Å². The van der Waals surface area contributed by atoms with Crippen LogP contribution in [0.1, 0.15) is 28.8 Å². The Hall–Kier alpha value is -1.35. The molecule has 3 nitrogen and oxygen atoms in total. The maximum absolute atomic E-state index is 11.9. The van der Waals surface area contributed by atoms with Gasteiger partial charge in [0.1, 0.15) is 0 Å². The van der Waals surface area contributed by atoms with Crippen molar-refractivity contribution in [2.75, 3.05) is 19.6 Å². The molecule has 1 aromatic rings. The predicted octanol–water partition coefficient (Wildman–Crippen LogP) is 1.72. The molecule has 1 aliphatic heterocycles. The third-order valence-corrected chi connectivity index (χ3v) is 3.23. The van der Waals surface area contributed by atoms with Crippen molar-refractivity contribution in [3.8, 4) is 0 Å². The zero-order valence-electron chi connectivity index (χ0n) is 10.3. The molecule has 0 aromatic heterocycles. The van der Waals surface area contributed by atoms with Crippen molar-refractivity contribution in [3.63, 3.8) is 0 Å². The fourth-order valence-electron chi connectivity index (χ4n) is 2.22. The smallest absolute Gasteiger partial charge is 0.251 e. The summed E-state index contributed by atoms with van der Waals surface area (Å²) in [6, 6.07) is 7.71. The molecule has 2 N–H and O–H groups in total. The van der Waals surface area contributed by atoms with E-state index in [0.29, 0.717) is 5.92 Å². The Kier molecular flexibility index (Phi) is 4.15. The molecule has 3 heteroatoms. The normalized spacial score (nSPS) is 19.9. The molecule has 0 radical (unpaired) electrons. The largest absolute Gasteiger partial charge is 0.352 e. The van der Waals surface area contributed by atoms with E-state index in [0.717, 1.165) is 30.8 Å². The lowest BCUT2D eigenvalue weighted by Gasteiger charge is -2.22. The summed E-state index contributed by atoms with van der Waals surface area (Å²) in [7, 11) is 0. The number of hydrogen-bond donors (Lipinski definition) is 2. The number of amides is 1. The summed E-state index contributed by atoms with van der Waals surface area (Å²) in [5, 5.41) is 6.37. The van der Waals surface area contributed by atoms with Gasteiger partial charge in [-0.25, -0.2) is 0 Å². The molecule has 1 aromatic carbocycles. The van der Waals surface area contributed by atoms with Crippen molar-refractivity contribution in [2.24, 2.45) is 5.92 Å². The van der Waals surface area contributed by atoms with Crippen LogP contribution in [-0.2, 0) is 0 Å².